The molecule has 9 heteroatoms. The molecule has 4 rings (SSSR count). The van der Waals surface area contributed by atoms with Crippen molar-refractivity contribution in [3.05, 3.63) is 84.4 Å². The fourth-order valence-electron chi connectivity index (χ4n) is 3.10. The quantitative estimate of drug-likeness (QED) is 0.383. The molecule has 0 aliphatic carbocycles. The first-order valence-electron chi connectivity index (χ1n) is 9.30. The van der Waals surface area contributed by atoms with E-state index in [0.717, 1.165) is 16.6 Å². The summed E-state index contributed by atoms with van der Waals surface area (Å²) in [5, 5.41) is 6.29. The van der Waals surface area contributed by atoms with Gasteiger partial charge in [0.05, 0.1) is 17.6 Å². The molecule has 1 aromatic heterocycles. The maximum atomic E-state index is 12.3. The van der Waals surface area contributed by atoms with Crippen molar-refractivity contribution in [3.8, 4) is 5.75 Å². The average molecular weight is 442 g/mol. The molecular formula is C22H17F3N4OS. The molecule has 5 nitrogen and oxygen atoms in total. The van der Waals surface area contributed by atoms with Crippen LogP contribution in [-0.4, -0.2) is 21.0 Å². The highest BCUT2D eigenvalue weighted by Crippen LogP contribution is 2.25. The Morgan fingerprint density at radius 2 is 1.58 bits per heavy atom. The van der Waals surface area contributed by atoms with Gasteiger partial charge in [-0.25, -0.2) is 4.98 Å². The van der Waals surface area contributed by atoms with Gasteiger partial charge in [-0.2, -0.15) is 0 Å². The zero-order chi connectivity index (χ0) is 21.8. The number of nitrogens with one attached hydrogen (secondary N) is 2. The van der Waals surface area contributed by atoms with Crippen molar-refractivity contribution in [2.24, 2.45) is 0 Å². The summed E-state index contributed by atoms with van der Waals surface area (Å²) in [6.07, 6.45) is -4.73. The molecule has 0 spiro atoms. The van der Waals surface area contributed by atoms with Crippen molar-refractivity contribution in [1.82, 2.24) is 9.55 Å². The van der Waals surface area contributed by atoms with Crippen LogP contribution in [0.4, 0.5) is 24.8 Å². The van der Waals surface area contributed by atoms with E-state index in [1.807, 2.05) is 59.2 Å². The number of para-hydroxylation sites is 2. The number of aromatic nitrogens is 2. The first kappa shape index (κ1) is 20.7. The van der Waals surface area contributed by atoms with E-state index < -0.39 is 6.36 Å². The van der Waals surface area contributed by atoms with Gasteiger partial charge in [0.15, 0.2) is 5.11 Å². The van der Waals surface area contributed by atoms with E-state index in [2.05, 4.69) is 20.4 Å². The Hall–Kier alpha value is -3.59. The van der Waals surface area contributed by atoms with Gasteiger partial charge in [0.2, 0.25) is 5.95 Å². The number of imidazole rings is 1. The number of thiocarbonyl (C=S) groups is 1. The molecule has 0 bridgehead atoms. The highest BCUT2D eigenvalue weighted by atomic mass is 32.1. The first-order chi connectivity index (χ1) is 14.9. The lowest BCUT2D eigenvalue weighted by Crippen LogP contribution is -2.22. The zero-order valence-corrected chi connectivity index (χ0v) is 16.9. The summed E-state index contributed by atoms with van der Waals surface area (Å²) < 4.78 is 42.8. The number of alkyl halides is 3. The number of fused-ring (bicyclic) bond motifs is 1. The molecule has 0 atom stereocenters. The van der Waals surface area contributed by atoms with Crippen LogP contribution >= 0.6 is 12.2 Å². The van der Waals surface area contributed by atoms with Crippen molar-refractivity contribution < 1.29 is 17.9 Å². The van der Waals surface area contributed by atoms with Crippen LogP contribution in [0.1, 0.15) is 5.56 Å². The van der Waals surface area contributed by atoms with E-state index in [1.54, 1.807) is 0 Å². The van der Waals surface area contributed by atoms with Gasteiger partial charge in [0.1, 0.15) is 5.75 Å². The average Bonchev–Trinajstić information content (AvgIpc) is 3.06. The van der Waals surface area contributed by atoms with Crippen LogP contribution in [-0.2, 0) is 6.54 Å². The SMILES string of the molecule is FC(F)(F)Oc1ccc(NC(=S)Nc2nc3ccccc3n2Cc2ccccc2)cc1. The second-order valence-corrected chi connectivity index (χ2v) is 7.06. The minimum Gasteiger partial charge on any atom is -0.406 e. The lowest BCUT2D eigenvalue weighted by molar-refractivity contribution is -0.274. The van der Waals surface area contributed by atoms with Gasteiger partial charge in [-0.05, 0) is 54.2 Å². The van der Waals surface area contributed by atoms with Gasteiger partial charge in [0, 0.05) is 5.69 Å². The zero-order valence-electron chi connectivity index (χ0n) is 16.1. The number of benzene rings is 3. The van der Waals surface area contributed by atoms with Gasteiger partial charge in [0.25, 0.3) is 0 Å². The number of hydrogen-bond acceptors (Lipinski definition) is 3. The Morgan fingerprint density at radius 3 is 2.29 bits per heavy atom. The Bertz CT molecular complexity index is 1190. The van der Waals surface area contributed by atoms with Gasteiger partial charge in [-0.1, -0.05) is 42.5 Å². The van der Waals surface area contributed by atoms with Crippen molar-refractivity contribution in [1.29, 1.82) is 0 Å². The molecule has 0 fully saturated rings. The minimum atomic E-state index is -4.73. The summed E-state index contributed by atoms with van der Waals surface area (Å²) in [6.45, 7) is 0.593. The summed E-state index contributed by atoms with van der Waals surface area (Å²) in [4.78, 5) is 4.62. The molecular weight excluding hydrogens is 425 g/mol. The van der Waals surface area contributed by atoms with Crippen molar-refractivity contribution in [2.75, 3.05) is 10.6 Å². The highest BCUT2D eigenvalue weighted by molar-refractivity contribution is 7.80. The van der Waals surface area contributed by atoms with Gasteiger partial charge < -0.3 is 19.9 Å². The van der Waals surface area contributed by atoms with Gasteiger partial charge in [-0.3, -0.25) is 0 Å². The molecule has 0 saturated heterocycles. The lowest BCUT2D eigenvalue weighted by Gasteiger charge is -2.14. The summed E-state index contributed by atoms with van der Waals surface area (Å²) in [6, 6.07) is 23.0. The topological polar surface area (TPSA) is 51.1 Å². The number of rotatable bonds is 5. The second-order valence-electron chi connectivity index (χ2n) is 6.65. The monoisotopic (exact) mass is 442 g/mol. The number of hydrogen-bond donors (Lipinski definition) is 2. The van der Waals surface area contributed by atoms with Crippen LogP contribution in [0.3, 0.4) is 0 Å². The maximum absolute atomic E-state index is 12.3. The summed E-state index contributed by atoms with van der Waals surface area (Å²) >= 11 is 5.38. The molecule has 0 amide bonds. The normalized spacial score (nSPS) is 11.3. The van der Waals surface area contributed by atoms with Crippen molar-refractivity contribution in [3.63, 3.8) is 0 Å². The molecule has 3 aromatic carbocycles. The van der Waals surface area contributed by atoms with E-state index in [4.69, 9.17) is 12.2 Å². The predicted molar refractivity (Wildman–Crippen MR) is 118 cm³/mol. The largest absolute Gasteiger partial charge is 0.573 e. The van der Waals surface area contributed by atoms with E-state index >= 15 is 0 Å². The van der Waals surface area contributed by atoms with E-state index in [0.29, 0.717) is 18.2 Å². The molecule has 2 N–H and O–H groups in total. The van der Waals surface area contributed by atoms with Crippen molar-refractivity contribution in [2.45, 2.75) is 12.9 Å². The van der Waals surface area contributed by atoms with Crippen LogP contribution in [0, 0.1) is 0 Å². The van der Waals surface area contributed by atoms with Crippen molar-refractivity contribution >= 4 is 40.0 Å². The third-order valence-corrected chi connectivity index (χ3v) is 4.61. The molecule has 1 heterocycles. The van der Waals surface area contributed by atoms with Crippen LogP contribution in [0.2, 0.25) is 0 Å². The van der Waals surface area contributed by atoms with Crippen LogP contribution in [0.5, 0.6) is 5.75 Å². The molecule has 31 heavy (non-hydrogen) atoms. The van der Waals surface area contributed by atoms with Crippen LogP contribution in [0.15, 0.2) is 78.9 Å². The van der Waals surface area contributed by atoms with Crippen LogP contribution in [0.25, 0.3) is 11.0 Å². The summed E-state index contributed by atoms with van der Waals surface area (Å²) in [5.74, 6) is 0.251. The Balaban J connectivity index is 1.51. The van der Waals surface area contributed by atoms with E-state index in [1.165, 1.54) is 24.3 Å². The third-order valence-electron chi connectivity index (χ3n) is 4.41. The molecule has 158 valence electrons. The van der Waals surface area contributed by atoms with Gasteiger partial charge >= 0.3 is 6.36 Å². The third kappa shape index (κ3) is 5.32. The molecule has 0 radical (unpaired) electrons. The maximum Gasteiger partial charge on any atom is 0.573 e. The van der Waals surface area contributed by atoms with Crippen LogP contribution < -0.4 is 15.4 Å². The number of halogens is 3. The molecule has 4 aromatic rings. The fraction of sp³-hybridized carbons (Fsp3) is 0.0909. The summed E-state index contributed by atoms with van der Waals surface area (Å²) in [5.41, 5.74) is 3.38. The Morgan fingerprint density at radius 1 is 0.903 bits per heavy atom. The highest BCUT2D eigenvalue weighted by Gasteiger charge is 2.30. The molecule has 0 aliphatic rings. The minimum absolute atomic E-state index is 0.258. The first-order valence-corrected chi connectivity index (χ1v) is 9.71. The van der Waals surface area contributed by atoms with Gasteiger partial charge in [-0.15, -0.1) is 13.2 Å². The van der Waals surface area contributed by atoms with E-state index in [9.17, 15) is 13.2 Å². The second kappa shape index (κ2) is 8.65. The molecule has 0 aliphatic heterocycles. The predicted octanol–water partition coefficient (Wildman–Crippen LogP) is 5.79. The van der Waals surface area contributed by atoms with E-state index in [-0.39, 0.29) is 10.9 Å². The Kier molecular flexibility index (Phi) is 5.77. The summed E-state index contributed by atoms with van der Waals surface area (Å²) in [7, 11) is 0. The Labute approximate surface area is 181 Å². The molecule has 0 unspecified atom stereocenters. The number of nitrogens with zero attached hydrogens (tertiary/aromatic N) is 2. The number of ether oxygens (including phenoxy) is 1. The standard InChI is InChI=1S/C22H17F3N4OS/c23-22(24,25)30-17-12-10-16(11-13-17)26-21(31)28-20-27-18-8-4-5-9-19(18)29(20)14-15-6-2-1-3-7-15/h1-13H,14H2,(H2,26,27,28,31). The fourth-order valence-corrected chi connectivity index (χ4v) is 3.31. The number of anilines is 2. The smallest absolute Gasteiger partial charge is 0.406 e. The lowest BCUT2D eigenvalue weighted by atomic mass is 10.2. The molecule has 0 saturated carbocycles.